The van der Waals surface area contributed by atoms with Crippen molar-refractivity contribution in [3.05, 3.63) is 30.1 Å². The highest BCUT2D eigenvalue weighted by molar-refractivity contribution is 5.79. The Labute approximate surface area is 170 Å². The lowest BCUT2D eigenvalue weighted by Gasteiger charge is -2.42. The van der Waals surface area contributed by atoms with Gasteiger partial charge in [0.25, 0.3) is 0 Å². The van der Waals surface area contributed by atoms with Gasteiger partial charge in [-0.1, -0.05) is 18.9 Å². The molecule has 0 bridgehead atoms. The number of hydrogen-bond donors (Lipinski definition) is 0. The molecular weight excluding hydrogens is 348 g/mol. The molecule has 0 aromatic carbocycles. The molecule has 0 unspecified atom stereocenters. The zero-order valence-corrected chi connectivity index (χ0v) is 17.3. The number of rotatable bonds is 4. The lowest BCUT2D eigenvalue weighted by atomic mass is 9.92. The van der Waals surface area contributed by atoms with Crippen LogP contribution in [-0.4, -0.2) is 70.9 Å². The van der Waals surface area contributed by atoms with E-state index in [2.05, 4.69) is 25.8 Å². The smallest absolute Gasteiger partial charge is 0.226 e. The summed E-state index contributed by atoms with van der Waals surface area (Å²) in [5, 5.41) is 0. The Morgan fingerprint density at radius 1 is 0.964 bits per heavy atom. The second-order valence-electron chi connectivity index (χ2n) is 8.94. The number of carbonyl (C=O) groups excluding carboxylic acids is 1. The Balaban J connectivity index is 1.26. The maximum Gasteiger partial charge on any atom is 0.226 e. The Kier molecular flexibility index (Phi) is 6.97. The number of pyridine rings is 1. The Morgan fingerprint density at radius 2 is 1.75 bits per heavy atom. The molecule has 4 heterocycles. The van der Waals surface area contributed by atoms with Crippen molar-refractivity contribution in [2.75, 3.05) is 39.3 Å². The van der Waals surface area contributed by atoms with Crippen molar-refractivity contribution >= 4 is 5.91 Å². The number of hydrogen-bond acceptors (Lipinski definition) is 4. The predicted molar refractivity (Wildman–Crippen MR) is 112 cm³/mol. The van der Waals surface area contributed by atoms with E-state index in [9.17, 15) is 4.79 Å². The maximum absolute atomic E-state index is 13.1. The molecule has 5 heteroatoms. The Hall–Kier alpha value is -1.46. The maximum atomic E-state index is 13.1. The number of carbonyl (C=O) groups is 1. The number of piperidine rings is 2. The molecule has 0 saturated carbocycles. The molecule has 28 heavy (non-hydrogen) atoms. The van der Waals surface area contributed by atoms with Gasteiger partial charge in [0.05, 0.1) is 5.92 Å². The minimum atomic E-state index is 0.236. The average Bonchev–Trinajstić information content (AvgIpc) is 3.04. The monoisotopic (exact) mass is 384 g/mol. The second kappa shape index (κ2) is 9.84. The molecule has 1 aromatic heterocycles. The zero-order valence-electron chi connectivity index (χ0n) is 17.3. The van der Waals surface area contributed by atoms with Gasteiger partial charge in [-0.15, -0.1) is 0 Å². The van der Waals surface area contributed by atoms with Crippen molar-refractivity contribution in [3.63, 3.8) is 0 Å². The number of aromatic nitrogens is 1. The summed E-state index contributed by atoms with van der Waals surface area (Å²) in [4.78, 5) is 24.7. The van der Waals surface area contributed by atoms with Crippen LogP contribution in [0.25, 0.3) is 0 Å². The summed E-state index contributed by atoms with van der Waals surface area (Å²) in [6, 6.07) is 4.85. The third-order valence-electron chi connectivity index (χ3n) is 6.92. The predicted octanol–water partition coefficient (Wildman–Crippen LogP) is 3.16. The molecule has 1 atom stereocenters. The summed E-state index contributed by atoms with van der Waals surface area (Å²) in [5.74, 6) is 0.681. The molecule has 5 nitrogen and oxygen atoms in total. The van der Waals surface area contributed by atoms with Crippen LogP contribution in [0.1, 0.15) is 56.9 Å². The number of nitrogens with zero attached hydrogens (tertiary/aromatic N) is 4. The lowest BCUT2D eigenvalue weighted by molar-refractivity contribution is -0.137. The van der Waals surface area contributed by atoms with Crippen molar-refractivity contribution in [3.8, 4) is 0 Å². The van der Waals surface area contributed by atoms with E-state index < -0.39 is 0 Å². The van der Waals surface area contributed by atoms with E-state index in [1.807, 2.05) is 18.5 Å². The van der Waals surface area contributed by atoms with Crippen LogP contribution in [0.4, 0.5) is 0 Å². The van der Waals surface area contributed by atoms with Crippen LogP contribution < -0.4 is 0 Å². The lowest BCUT2D eigenvalue weighted by Crippen LogP contribution is -2.51. The van der Waals surface area contributed by atoms with Crippen molar-refractivity contribution in [1.82, 2.24) is 19.7 Å². The van der Waals surface area contributed by atoms with Gasteiger partial charge in [-0.25, -0.2) is 0 Å². The van der Waals surface area contributed by atoms with Gasteiger partial charge in [0, 0.05) is 44.6 Å². The van der Waals surface area contributed by atoms with Crippen LogP contribution in [0.3, 0.4) is 0 Å². The minimum absolute atomic E-state index is 0.236. The molecule has 1 aromatic rings. The van der Waals surface area contributed by atoms with E-state index in [0.29, 0.717) is 11.9 Å². The fourth-order valence-electron chi connectivity index (χ4n) is 5.28. The van der Waals surface area contributed by atoms with Gasteiger partial charge in [0.1, 0.15) is 0 Å². The molecule has 0 spiro atoms. The molecule has 3 fully saturated rings. The molecule has 3 aliphatic heterocycles. The topological polar surface area (TPSA) is 39.7 Å². The summed E-state index contributed by atoms with van der Waals surface area (Å²) < 4.78 is 0. The molecular formula is C23H36N4O. The van der Waals surface area contributed by atoms with Crippen LogP contribution >= 0.6 is 0 Å². The summed E-state index contributed by atoms with van der Waals surface area (Å²) in [5.41, 5.74) is 1.31. The van der Waals surface area contributed by atoms with Crippen LogP contribution in [-0.2, 0) is 11.3 Å². The van der Waals surface area contributed by atoms with E-state index in [4.69, 9.17) is 0 Å². The highest BCUT2D eigenvalue weighted by Crippen LogP contribution is 2.26. The van der Waals surface area contributed by atoms with Crippen LogP contribution in [0, 0.1) is 5.92 Å². The van der Waals surface area contributed by atoms with Gasteiger partial charge in [0.2, 0.25) is 5.91 Å². The van der Waals surface area contributed by atoms with Crippen molar-refractivity contribution in [2.45, 2.75) is 64.0 Å². The fourth-order valence-corrected chi connectivity index (χ4v) is 5.28. The second-order valence-corrected chi connectivity index (χ2v) is 8.94. The number of amides is 1. The first kappa shape index (κ1) is 19.8. The van der Waals surface area contributed by atoms with Gasteiger partial charge in [-0.05, 0) is 69.8 Å². The average molecular weight is 385 g/mol. The van der Waals surface area contributed by atoms with Gasteiger partial charge >= 0.3 is 0 Å². The van der Waals surface area contributed by atoms with Gasteiger partial charge in [-0.2, -0.15) is 0 Å². The van der Waals surface area contributed by atoms with Gasteiger partial charge < -0.3 is 4.90 Å². The highest BCUT2D eigenvalue weighted by Gasteiger charge is 2.33. The Morgan fingerprint density at radius 3 is 2.46 bits per heavy atom. The Bertz CT molecular complexity index is 606. The standard InChI is InChI=1S/C23H36N4O/c28-23(26-12-3-1-2-4-13-26)21-8-6-14-27(19-21)22-9-15-25(16-10-22)18-20-7-5-11-24-17-20/h5,7,11,17,21-22H,1-4,6,8-10,12-16,18-19H2/t21-/m1/s1. The summed E-state index contributed by atoms with van der Waals surface area (Å²) in [6.45, 7) is 7.46. The molecule has 154 valence electrons. The molecule has 1 amide bonds. The summed E-state index contributed by atoms with van der Waals surface area (Å²) in [6.07, 6.45) is 13.5. The molecule has 3 saturated heterocycles. The van der Waals surface area contributed by atoms with Crippen molar-refractivity contribution in [1.29, 1.82) is 0 Å². The van der Waals surface area contributed by atoms with Crippen LogP contribution in [0.5, 0.6) is 0 Å². The first-order valence-electron chi connectivity index (χ1n) is 11.4. The molecule has 0 aliphatic carbocycles. The third kappa shape index (κ3) is 5.12. The SMILES string of the molecule is O=C([C@@H]1CCCN(C2CCN(Cc3cccnc3)CC2)C1)N1CCCCCC1. The van der Waals surface area contributed by atoms with E-state index in [-0.39, 0.29) is 5.92 Å². The largest absolute Gasteiger partial charge is 0.342 e. The molecule has 3 aliphatic rings. The summed E-state index contributed by atoms with van der Waals surface area (Å²) >= 11 is 0. The number of likely N-dealkylation sites (tertiary alicyclic amines) is 3. The van der Waals surface area contributed by atoms with Crippen LogP contribution in [0.15, 0.2) is 24.5 Å². The molecule has 0 N–H and O–H groups in total. The van der Waals surface area contributed by atoms with Crippen molar-refractivity contribution < 1.29 is 4.79 Å². The summed E-state index contributed by atoms with van der Waals surface area (Å²) in [7, 11) is 0. The quantitative estimate of drug-likeness (QED) is 0.799. The van der Waals surface area contributed by atoms with E-state index in [0.717, 1.165) is 45.7 Å². The molecule has 0 radical (unpaired) electrons. The normalized spacial score (nSPS) is 26.1. The van der Waals surface area contributed by atoms with E-state index in [1.165, 1.54) is 57.1 Å². The van der Waals surface area contributed by atoms with Crippen LogP contribution in [0.2, 0.25) is 0 Å². The van der Waals surface area contributed by atoms with Gasteiger partial charge in [-0.3, -0.25) is 19.6 Å². The first-order valence-corrected chi connectivity index (χ1v) is 11.4. The van der Waals surface area contributed by atoms with Crippen molar-refractivity contribution in [2.24, 2.45) is 5.92 Å². The van der Waals surface area contributed by atoms with E-state index in [1.54, 1.807) is 0 Å². The zero-order chi connectivity index (χ0) is 19.2. The van der Waals surface area contributed by atoms with E-state index >= 15 is 0 Å². The molecule has 4 rings (SSSR count). The first-order chi connectivity index (χ1) is 13.8. The van der Waals surface area contributed by atoms with Gasteiger partial charge in [0.15, 0.2) is 0 Å². The third-order valence-corrected chi connectivity index (χ3v) is 6.92. The fraction of sp³-hybridized carbons (Fsp3) is 0.739. The highest BCUT2D eigenvalue weighted by atomic mass is 16.2. The minimum Gasteiger partial charge on any atom is -0.342 e.